The van der Waals surface area contributed by atoms with Crippen LogP contribution in [0.1, 0.15) is 20.3 Å². The van der Waals surface area contributed by atoms with Gasteiger partial charge < -0.3 is 11.1 Å². The van der Waals surface area contributed by atoms with E-state index >= 15 is 0 Å². The van der Waals surface area contributed by atoms with Gasteiger partial charge in [0.15, 0.2) is 5.82 Å². The number of aryl methyl sites for hydroxylation is 1. The van der Waals surface area contributed by atoms with Gasteiger partial charge in [0.25, 0.3) is 0 Å². The molecule has 0 bridgehead atoms. The molecule has 0 saturated carbocycles. The molecule has 0 aliphatic rings. The molecule has 1 rings (SSSR count). The van der Waals surface area contributed by atoms with Gasteiger partial charge in [0.05, 0.1) is 5.92 Å². The van der Waals surface area contributed by atoms with Crippen LogP contribution >= 0.6 is 0 Å². The van der Waals surface area contributed by atoms with E-state index in [1.807, 2.05) is 7.05 Å². The number of nitrogens with zero attached hydrogens (tertiary/aromatic N) is 2. The Morgan fingerprint density at radius 2 is 2.31 bits per heavy atom. The fourth-order valence-corrected chi connectivity index (χ4v) is 1.59. The summed E-state index contributed by atoms with van der Waals surface area (Å²) < 4.78 is 1.65. The Bertz CT molecular complexity index is 346. The van der Waals surface area contributed by atoms with Crippen molar-refractivity contribution >= 4 is 11.7 Å². The lowest BCUT2D eigenvalue weighted by Gasteiger charge is -2.15. The molecule has 0 spiro atoms. The summed E-state index contributed by atoms with van der Waals surface area (Å²) in [4.78, 5) is 11.8. The van der Waals surface area contributed by atoms with Crippen molar-refractivity contribution in [2.75, 3.05) is 11.9 Å². The number of nitrogens with two attached hydrogens (primary N) is 1. The van der Waals surface area contributed by atoms with Crippen LogP contribution in [0, 0.1) is 11.8 Å². The SMILES string of the molecule is CC(C)CC(CN)C(=O)Nc1ccn(C)n1. The standard InChI is InChI=1S/C11H20N4O/c1-8(2)6-9(7-12)11(16)13-10-4-5-15(3)14-10/h4-5,8-9H,6-7,12H2,1-3H3,(H,13,14,16). The molecule has 0 aliphatic carbocycles. The molecule has 1 aromatic heterocycles. The van der Waals surface area contributed by atoms with E-state index in [1.54, 1.807) is 16.9 Å². The fraction of sp³-hybridized carbons (Fsp3) is 0.636. The van der Waals surface area contributed by atoms with Gasteiger partial charge in [-0.3, -0.25) is 9.48 Å². The quantitative estimate of drug-likeness (QED) is 0.783. The molecule has 0 aromatic carbocycles. The molecular weight excluding hydrogens is 204 g/mol. The highest BCUT2D eigenvalue weighted by Gasteiger charge is 2.18. The van der Waals surface area contributed by atoms with Crippen molar-refractivity contribution in [1.29, 1.82) is 0 Å². The van der Waals surface area contributed by atoms with E-state index in [0.29, 0.717) is 18.3 Å². The molecule has 0 aliphatic heterocycles. The van der Waals surface area contributed by atoms with Crippen molar-refractivity contribution in [3.8, 4) is 0 Å². The van der Waals surface area contributed by atoms with Gasteiger partial charge in [-0.2, -0.15) is 5.10 Å². The monoisotopic (exact) mass is 224 g/mol. The predicted molar refractivity (Wildman–Crippen MR) is 63.8 cm³/mol. The number of carbonyl (C=O) groups is 1. The van der Waals surface area contributed by atoms with Crippen LogP contribution in [0.2, 0.25) is 0 Å². The van der Waals surface area contributed by atoms with Gasteiger partial charge >= 0.3 is 0 Å². The minimum absolute atomic E-state index is 0.0464. The molecule has 90 valence electrons. The smallest absolute Gasteiger partial charge is 0.229 e. The predicted octanol–water partition coefficient (Wildman–Crippen LogP) is 0.980. The summed E-state index contributed by atoms with van der Waals surface area (Å²) in [5.74, 6) is 0.856. The highest BCUT2D eigenvalue weighted by molar-refractivity contribution is 5.91. The molecule has 0 fully saturated rings. The van der Waals surface area contributed by atoms with Crippen LogP contribution in [-0.4, -0.2) is 22.2 Å². The molecule has 1 amide bonds. The number of aromatic nitrogens is 2. The van der Waals surface area contributed by atoms with E-state index in [9.17, 15) is 4.79 Å². The van der Waals surface area contributed by atoms with Gasteiger partial charge in [0.2, 0.25) is 5.91 Å². The molecule has 1 aromatic rings. The Kier molecular flexibility index (Phi) is 4.49. The lowest BCUT2D eigenvalue weighted by molar-refractivity contribution is -0.120. The van der Waals surface area contributed by atoms with Crippen molar-refractivity contribution in [3.63, 3.8) is 0 Å². The maximum atomic E-state index is 11.8. The van der Waals surface area contributed by atoms with Crippen molar-refractivity contribution in [2.45, 2.75) is 20.3 Å². The topological polar surface area (TPSA) is 72.9 Å². The van der Waals surface area contributed by atoms with Crippen molar-refractivity contribution in [2.24, 2.45) is 24.6 Å². The number of amides is 1. The van der Waals surface area contributed by atoms with Gasteiger partial charge in [-0.1, -0.05) is 13.8 Å². The molecule has 5 nitrogen and oxygen atoms in total. The van der Waals surface area contributed by atoms with Crippen LogP contribution in [0.25, 0.3) is 0 Å². The number of anilines is 1. The summed E-state index contributed by atoms with van der Waals surface area (Å²) in [5.41, 5.74) is 5.59. The zero-order valence-electron chi connectivity index (χ0n) is 10.1. The van der Waals surface area contributed by atoms with E-state index in [4.69, 9.17) is 5.73 Å². The third-order valence-electron chi connectivity index (χ3n) is 2.38. The lowest BCUT2D eigenvalue weighted by atomic mass is 9.96. The minimum atomic E-state index is -0.137. The second-order valence-electron chi connectivity index (χ2n) is 4.43. The summed E-state index contributed by atoms with van der Waals surface area (Å²) in [6.45, 7) is 4.53. The zero-order chi connectivity index (χ0) is 12.1. The van der Waals surface area contributed by atoms with Gasteiger partial charge in [0, 0.05) is 25.9 Å². The van der Waals surface area contributed by atoms with E-state index in [0.717, 1.165) is 6.42 Å². The normalized spacial score (nSPS) is 12.8. The van der Waals surface area contributed by atoms with Crippen LogP contribution < -0.4 is 11.1 Å². The Hall–Kier alpha value is -1.36. The Morgan fingerprint density at radius 1 is 1.62 bits per heavy atom. The van der Waals surface area contributed by atoms with Gasteiger partial charge in [0.1, 0.15) is 0 Å². The third-order valence-corrected chi connectivity index (χ3v) is 2.38. The van der Waals surface area contributed by atoms with Crippen molar-refractivity contribution in [1.82, 2.24) is 9.78 Å². The van der Waals surface area contributed by atoms with Crippen LogP contribution in [-0.2, 0) is 11.8 Å². The van der Waals surface area contributed by atoms with Crippen LogP contribution in [0.4, 0.5) is 5.82 Å². The van der Waals surface area contributed by atoms with Gasteiger partial charge in [-0.25, -0.2) is 0 Å². The van der Waals surface area contributed by atoms with Crippen LogP contribution in [0.5, 0.6) is 0 Å². The maximum Gasteiger partial charge on any atom is 0.229 e. The van der Waals surface area contributed by atoms with Gasteiger partial charge in [-0.05, 0) is 12.3 Å². The second-order valence-corrected chi connectivity index (χ2v) is 4.43. The molecule has 0 radical (unpaired) electrons. The minimum Gasteiger partial charge on any atom is -0.330 e. The Morgan fingerprint density at radius 3 is 2.75 bits per heavy atom. The number of nitrogens with one attached hydrogen (secondary N) is 1. The average molecular weight is 224 g/mol. The largest absolute Gasteiger partial charge is 0.330 e. The summed E-state index contributed by atoms with van der Waals surface area (Å²) in [5, 5.41) is 6.86. The molecule has 1 unspecified atom stereocenters. The molecule has 5 heteroatoms. The molecular formula is C11H20N4O. The lowest BCUT2D eigenvalue weighted by Crippen LogP contribution is -2.30. The zero-order valence-corrected chi connectivity index (χ0v) is 10.1. The van der Waals surface area contributed by atoms with Crippen molar-refractivity contribution < 1.29 is 4.79 Å². The van der Waals surface area contributed by atoms with E-state index < -0.39 is 0 Å². The number of carbonyl (C=O) groups excluding carboxylic acids is 1. The first-order valence-corrected chi connectivity index (χ1v) is 5.53. The Balaban J connectivity index is 2.55. The highest BCUT2D eigenvalue weighted by Crippen LogP contribution is 2.13. The first kappa shape index (κ1) is 12.7. The number of rotatable bonds is 5. The van der Waals surface area contributed by atoms with E-state index in [1.165, 1.54) is 0 Å². The van der Waals surface area contributed by atoms with E-state index in [-0.39, 0.29) is 11.8 Å². The van der Waals surface area contributed by atoms with Crippen LogP contribution in [0.3, 0.4) is 0 Å². The van der Waals surface area contributed by atoms with Crippen molar-refractivity contribution in [3.05, 3.63) is 12.3 Å². The Labute approximate surface area is 96.0 Å². The first-order chi connectivity index (χ1) is 7.52. The molecule has 1 atom stereocenters. The second kappa shape index (κ2) is 5.65. The number of hydrogen-bond acceptors (Lipinski definition) is 3. The van der Waals surface area contributed by atoms with E-state index in [2.05, 4.69) is 24.3 Å². The summed E-state index contributed by atoms with van der Waals surface area (Å²) >= 11 is 0. The average Bonchev–Trinajstić information content (AvgIpc) is 2.60. The third kappa shape index (κ3) is 3.66. The van der Waals surface area contributed by atoms with Gasteiger partial charge in [-0.15, -0.1) is 0 Å². The van der Waals surface area contributed by atoms with Crippen LogP contribution in [0.15, 0.2) is 12.3 Å². The summed E-state index contributed by atoms with van der Waals surface area (Å²) in [7, 11) is 1.81. The molecule has 16 heavy (non-hydrogen) atoms. The number of hydrogen-bond donors (Lipinski definition) is 2. The summed E-state index contributed by atoms with van der Waals surface area (Å²) in [6, 6.07) is 1.76. The molecule has 0 saturated heterocycles. The fourth-order valence-electron chi connectivity index (χ4n) is 1.59. The molecule has 1 heterocycles. The first-order valence-electron chi connectivity index (χ1n) is 5.53. The highest BCUT2D eigenvalue weighted by atomic mass is 16.2. The summed E-state index contributed by atoms with van der Waals surface area (Å²) in [6.07, 6.45) is 2.59. The molecule has 3 N–H and O–H groups in total. The maximum absolute atomic E-state index is 11.8.